The van der Waals surface area contributed by atoms with Crippen LogP contribution in [0.1, 0.15) is 27.0 Å². The Labute approximate surface area is 102 Å². The summed E-state index contributed by atoms with van der Waals surface area (Å²) in [4.78, 5) is 23.2. The van der Waals surface area contributed by atoms with Crippen molar-refractivity contribution in [3.8, 4) is 11.5 Å². The molecule has 5 N–H and O–H groups in total. The molecular weight excluding hydrogens is 238 g/mol. The molecule has 1 aliphatic carbocycles. The first kappa shape index (κ1) is 12.0. The van der Waals surface area contributed by atoms with E-state index in [4.69, 9.17) is 5.73 Å². The van der Waals surface area contributed by atoms with Crippen molar-refractivity contribution in [2.75, 3.05) is 0 Å². The minimum Gasteiger partial charge on any atom is -0.507 e. The second-order valence-corrected chi connectivity index (χ2v) is 4.12. The van der Waals surface area contributed by atoms with Crippen LogP contribution in [0.5, 0.6) is 11.5 Å². The Morgan fingerprint density at radius 2 is 1.28 bits per heavy atom. The summed E-state index contributed by atoms with van der Waals surface area (Å²) in [5.74, 6) is -3.64. The van der Waals surface area contributed by atoms with Gasteiger partial charge in [0.1, 0.15) is 17.2 Å². The van der Waals surface area contributed by atoms with Crippen molar-refractivity contribution in [3.05, 3.63) is 28.0 Å². The number of Topliss-reactive ketones (excluding diaryl/α,β-unsaturated/α-hetero) is 2. The third-order valence-electron chi connectivity index (χ3n) is 3.17. The van der Waals surface area contributed by atoms with Gasteiger partial charge in [0.15, 0.2) is 5.76 Å². The van der Waals surface area contributed by atoms with Gasteiger partial charge >= 0.3 is 0 Å². The van der Waals surface area contributed by atoms with Gasteiger partial charge in [-0.25, -0.2) is 0 Å². The van der Waals surface area contributed by atoms with E-state index in [1.807, 2.05) is 0 Å². The number of aliphatic hydroxyl groups excluding tert-OH is 1. The predicted octanol–water partition coefficient (Wildman–Crippen LogP) is 0.665. The van der Waals surface area contributed by atoms with Gasteiger partial charge in [-0.1, -0.05) is 0 Å². The first-order chi connectivity index (χ1) is 8.29. The van der Waals surface area contributed by atoms with E-state index in [0.717, 1.165) is 0 Å². The fourth-order valence-corrected chi connectivity index (χ4v) is 1.90. The molecule has 6 heteroatoms. The van der Waals surface area contributed by atoms with Crippen molar-refractivity contribution >= 4 is 17.3 Å². The lowest BCUT2D eigenvalue weighted by Gasteiger charge is -2.20. The van der Waals surface area contributed by atoms with E-state index in [0.29, 0.717) is 5.56 Å². The first-order valence-electron chi connectivity index (χ1n) is 5.12. The average Bonchev–Trinajstić information content (AvgIpc) is 2.35. The second-order valence-electron chi connectivity index (χ2n) is 4.12. The minimum atomic E-state index is -1.10. The lowest BCUT2D eigenvalue weighted by molar-refractivity contribution is -0.112. The van der Waals surface area contributed by atoms with Gasteiger partial charge in [0, 0.05) is 0 Å². The molecule has 0 spiro atoms. The molecule has 1 aromatic carbocycles. The third-order valence-corrected chi connectivity index (χ3v) is 3.17. The molecule has 1 aromatic rings. The monoisotopic (exact) mass is 249 g/mol. The quantitative estimate of drug-likeness (QED) is 0.396. The number of carbonyl (C=O) groups excluding carboxylic acids is 2. The molecule has 0 radical (unpaired) electrons. The Bertz CT molecular complexity index is 643. The lowest BCUT2D eigenvalue weighted by atomic mass is 9.86. The molecule has 94 valence electrons. The number of fused-ring (bicyclic) bond motifs is 1. The summed E-state index contributed by atoms with van der Waals surface area (Å²) in [6.07, 6.45) is 0. The standard InChI is InChI=1S/C12H11NO5/c1-3-4(2)9(15)6-5(8(3)14)10(16)7(13)12(18)11(6)17/h14-16H,13H2,1-2H3. The number of aliphatic hydroxyl groups is 1. The lowest BCUT2D eigenvalue weighted by Crippen LogP contribution is -2.28. The smallest absolute Gasteiger partial charge is 0.253 e. The Hall–Kier alpha value is -2.50. The number of nitrogens with two attached hydrogens (primary N) is 1. The summed E-state index contributed by atoms with van der Waals surface area (Å²) in [6, 6.07) is 0. The van der Waals surface area contributed by atoms with Crippen molar-refractivity contribution < 1.29 is 24.9 Å². The molecule has 6 nitrogen and oxygen atoms in total. The summed E-state index contributed by atoms with van der Waals surface area (Å²) in [7, 11) is 0. The highest BCUT2D eigenvalue weighted by Gasteiger charge is 2.37. The van der Waals surface area contributed by atoms with E-state index in [2.05, 4.69) is 0 Å². The van der Waals surface area contributed by atoms with E-state index < -0.39 is 34.3 Å². The Morgan fingerprint density at radius 1 is 0.833 bits per heavy atom. The van der Waals surface area contributed by atoms with Crippen LogP contribution in [0.3, 0.4) is 0 Å². The van der Waals surface area contributed by atoms with Crippen LogP contribution >= 0.6 is 0 Å². The summed E-state index contributed by atoms with van der Waals surface area (Å²) in [5, 5.41) is 29.5. The average molecular weight is 249 g/mol. The normalized spacial score (nSPS) is 15.0. The zero-order valence-electron chi connectivity index (χ0n) is 9.74. The van der Waals surface area contributed by atoms with E-state index >= 15 is 0 Å². The topological polar surface area (TPSA) is 121 Å². The Balaban J connectivity index is 3.01. The SMILES string of the molecule is Cc1c(C)c(O)c2c(c1O)C(=O)C(=O)C(N)=C2O. The van der Waals surface area contributed by atoms with Crippen molar-refractivity contribution in [2.24, 2.45) is 5.73 Å². The summed E-state index contributed by atoms with van der Waals surface area (Å²) in [6.45, 7) is 3.00. The van der Waals surface area contributed by atoms with Gasteiger partial charge < -0.3 is 21.1 Å². The maximum absolute atomic E-state index is 11.8. The molecule has 0 fully saturated rings. The maximum atomic E-state index is 11.8. The van der Waals surface area contributed by atoms with Gasteiger partial charge in [0.05, 0.1) is 11.1 Å². The largest absolute Gasteiger partial charge is 0.507 e. The first-order valence-corrected chi connectivity index (χ1v) is 5.12. The van der Waals surface area contributed by atoms with Gasteiger partial charge in [-0.3, -0.25) is 9.59 Å². The third kappa shape index (κ3) is 1.22. The number of hydrogen-bond acceptors (Lipinski definition) is 6. The number of hydrogen-bond donors (Lipinski definition) is 4. The van der Waals surface area contributed by atoms with E-state index in [-0.39, 0.29) is 16.9 Å². The number of phenols is 2. The van der Waals surface area contributed by atoms with Gasteiger partial charge in [-0.05, 0) is 25.0 Å². The van der Waals surface area contributed by atoms with Crippen molar-refractivity contribution in [3.63, 3.8) is 0 Å². The van der Waals surface area contributed by atoms with Gasteiger partial charge in [0.25, 0.3) is 5.78 Å². The van der Waals surface area contributed by atoms with E-state index in [1.165, 1.54) is 13.8 Å². The fourth-order valence-electron chi connectivity index (χ4n) is 1.90. The van der Waals surface area contributed by atoms with Gasteiger partial charge in [-0.15, -0.1) is 0 Å². The number of ketones is 2. The fraction of sp³-hybridized carbons (Fsp3) is 0.167. The minimum absolute atomic E-state index is 0.265. The summed E-state index contributed by atoms with van der Waals surface area (Å²) in [5.41, 5.74) is 4.53. The molecule has 18 heavy (non-hydrogen) atoms. The van der Waals surface area contributed by atoms with Crippen LogP contribution in [-0.4, -0.2) is 26.9 Å². The summed E-state index contributed by atoms with van der Waals surface area (Å²) >= 11 is 0. The van der Waals surface area contributed by atoms with Crippen LogP contribution in [0.25, 0.3) is 5.76 Å². The molecular formula is C12H11NO5. The molecule has 0 aromatic heterocycles. The van der Waals surface area contributed by atoms with Crippen LogP contribution in [0.15, 0.2) is 5.70 Å². The van der Waals surface area contributed by atoms with Crippen molar-refractivity contribution in [1.29, 1.82) is 0 Å². The number of carbonyl (C=O) groups is 2. The van der Waals surface area contributed by atoms with Gasteiger partial charge in [0.2, 0.25) is 5.78 Å². The summed E-state index contributed by atoms with van der Waals surface area (Å²) < 4.78 is 0. The molecule has 0 saturated carbocycles. The van der Waals surface area contributed by atoms with Crippen LogP contribution in [0.4, 0.5) is 0 Å². The van der Waals surface area contributed by atoms with Crippen molar-refractivity contribution in [2.45, 2.75) is 13.8 Å². The molecule has 0 amide bonds. The number of benzene rings is 1. The van der Waals surface area contributed by atoms with Crippen LogP contribution in [0.2, 0.25) is 0 Å². The van der Waals surface area contributed by atoms with Crippen LogP contribution in [-0.2, 0) is 4.79 Å². The molecule has 0 unspecified atom stereocenters. The number of aromatic hydroxyl groups is 2. The Morgan fingerprint density at radius 3 is 1.78 bits per heavy atom. The zero-order valence-corrected chi connectivity index (χ0v) is 9.74. The number of allylic oxidation sites excluding steroid dienone is 1. The van der Waals surface area contributed by atoms with Crippen molar-refractivity contribution in [1.82, 2.24) is 0 Å². The maximum Gasteiger partial charge on any atom is 0.253 e. The molecule has 0 heterocycles. The van der Waals surface area contributed by atoms with Gasteiger partial charge in [-0.2, -0.15) is 0 Å². The van der Waals surface area contributed by atoms with E-state index in [1.54, 1.807) is 0 Å². The molecule has 0 bridgehead atoms. The highest BCUT2D eigenvalue weighted by Crippen LogP contribution is 2.42. The molecule has 0 atom stereocenters. The highest BCUT2D eigenvalue weighted by molar-refractivity contribution is 6.52. The molecule has 1 aliphatic rings. The molecule has 2 rings (SSSR count). The molecule has 0 aliphatic heterocycles. The van der Waals surface area contributed by atoms with Crippen LogP contribution in [0, 0.1) is 13.8 Å². The zero-order chi connectivity index (χ0) is 13.8. The van der Waals surface area contributed by atoms with Crippen LogP contribution < -0.4 is 5.73 Å². The number of phenolic OH excluding ortho intramolecular Hbond substituents is 2. The van der Waals surface area contributed by atoms with E-state index in [9.17, 15) is 24.9 Å². The highest BCUT2D eigenvalue weighted by atomic mass is 16.3. The Kier molecular flexibility index (Phi) is 2.32. The second kappa shape index (κ2) is 3.49. The molecule has 0 saturated heterocycles. The number of rotatable bonds is 0. The predicted molar refractivity (Wildman–Crippen MR) is 62.3 cm³/mol.